The largest absolute Gasteiger partial charge is 0.306 e. The molecule has 0 bridgehead atoms. The average molecular weight is 343 g/mol. The Kier molecular flexibility index (Phi) is 4.97. The average Bonchev–Trinajstić information content (AvgIpc) is 2.38. The molecule has 0 spiro atoms. The second-order valence-electron chi connectivity index (χ2n) is 4.35. The highest BCUT2D eigenvalue weighted by Gasteiger charge is 2.09. The number of hydrogen-bond donors (Lipinski definition) is 1. The molecular weight excluding hydrogens is 329 g/mol. The Hall–Kier alpha value is -0.900. The van der Waals surface area contributed by atoms with Crippen LogP contribution in [0.15, 0.2) is 46.9 Å². The minimum absolute atomic E-state index is 0.128. The third kappa shape index (κ3) is 3.78. The first-order valence-corrected chi connectivity index (χ1v) is 7.17. The summed E-state index contributed by atoms with van der Waals surface area (Å²) >= 11 is 9.40. The second-order valence-corrected chi connectivity index (χ2v) is 5.68. The first kappa shape index (κ1) is 14.5. The molecule has 4 heteroatoms. The number of benzene rings is 2. The first-order valence-electron chi connectivity index (χ1n) is 5.99. The van der Waals surface area contributed by atoms with E-state index in [9.17, 15) is 4.39 Å². The summed E-state index contributed by atoms with van der Waals surface area (Å²) in [4.78, 5) is 0. The predicted molar refractivity (Wildman–Crippen MR) is 80.8 cm³/mol. The second kappa shape index (κ2) is 6.51. The summed E-state index contributed by atoms with van der Waals surface area (Å²) in [5, 5.41) is 3.73. The molecule has 2 aromatic rings. The van der Waals surface area contributed by atoms with E-state index in [1.807, 2.05) is 31.2 Å². The molecule has 0 aromatic heterocycles. The van der Waals surface area contributed by atoms with Gasteiger partial charge in [-0.1, -0.05) is 45.7 Å². The van der Waals surface area contributed by atoms with Gasteiger partial charge in [0, 0.05) is 27.6 Å². The van der Waals surface area contributed by atoms with Crippen molar-refractivity contribution in [2.75, 3.05) is 0 Å². The molecule has 0 saturated carbocycles. The van der Waals surface area contributed by atoms with Crippen LogP contribution in [0.2, 0.25) is 5.02 Å². The lowest BCUT2D eigenvalue weighted by atomic mass is 10.1. The van der Waals surface area contributed by atoms with Crippen LogP contribution >= 0.6 is 27.5 Å². The van der Waals surface area contributed by atoms with Crippen molar-refractivity contribution >= 4 is 27.5 Å². The van der Waals surface area contributed by atoms with Crippen molar-refractivity contribution in [3.05, 3.63) is 68.9 Å². The fourth-order valence-corrected chi connectivity index (χ4v) is 2.32. The fourth-order valence-electron chi connectivity index (χ4n) is 1.83. The fraction of sp³-hybridized carbons (Fsp3) is 0.200. The maximum Gasteiger partial charge on any atom is 0.129 e. The van der Waals surface area contributed by atoms with E-state index in [4.69, 9.17) is 11.6 Å². The molecule has 0 heterocycles. The Morgan fingerprint density at radius 3 is 2.53 bits per heavy atom. The van der Waals surface area contributed by atoms with E-state index in [0.717, 1.165) is 10.0 Å². The van der Waals surface area contributed by atoms with Gasteiger partial charge in [0.1, 0.15) is 5.82 Å². The van der Waals surface area contributed by atoms with Crippen LogP contribution in [0.4, 0.5) is 4.39 Å². The van der Waals surface area contributed by atoms with Crippen molar-refractivity contribution in [2.24, 2.45) is 0 Å². The third-order valence-electron chi connectivity index (χ3n) is 3.02. The van der Waals surface area contributed by atoms with Crippen molar-refractivity contribution in [3.8, 4) is 0 Å². The van der Waals surface area contributed by atoms with Crippen LogP contribution < -0.4 is 5.32 Å². The highest BCUT2D eigenvalue weighted by Crippen LogP contribution is 2.21. The molecule has 1 atom stereocenters. The first-order chi connectivity index (χ1) is 9.08. The van der Waals surface area contributed by atoms with E-state index >= 15 is 0 Å². The van der Waals surface area contributed by atoms with Crippen LogP contribution in [-0.2, 0) is 6.54 Å². The van der Waals surface area contributed by atoms with Crippen molar-refractivity contribution in [3.63, 3.8) is 0 Å². The lowest BCUT2D eigenvalue weighted by Crippen LogP contribution is -2.19. The number of hydrogen-bond acceptors (Lipinski definition) is 1. The zero-order valence-electron chi connectivity index (χ0n) is 10.5. The van der Waals surface area contributed by atoms with Gasteiger partial charge in [0.2, 0.25) is 0 Å². The number of halogens is 3. The number of nitrogens with one attached hydrogen (secondary N) is 1. The van der Waals surface area contributed by atoms with Crippen LogP contribution in [0, 0.1) is 5.82 Å². The SMILES string of the molecule is CC(NCc1c(F)cccc1Cl)c1ccc(Br)cc1. The monoisotopic (exact) mass is 341 g/mol. The van der Waals surface area contributed by atoms with Gasteiger partial charge in [-0.25, -0.2) is 4.39 Å². The van der Waals surface area contributed by atoms with Crippen molar-refractivity contribution in [2.45, 2.75) is 19.5 Å². The summed E-state index contributed by atoms with van der Waals surface area (Å²) in [6.07, 6.45) is 0. The van der Waals surface area contributed by atoms with Gasteiger partial charge in [0.25, 0.3) is 0 Å². The molecule has 1 N–H and O–H groups in total. The molecule has 1 unspecified atom stereocenters. The predicted octanol–water partition coefficient (Wildman–Crippen LogP) is 5.09. The third-order valence-corrected chi connectivity index (χ3v) is 3.90. The summed E-state index contributed by atoms with van der Waals surface area (Å²) in [6, 6.07) is 12.9. The smallest absolute Gasteiger partial charge is 0.129 e. The zero-order chi connectivity index (χ0) is 13.8. The molecular formula is C15H14BrClFN. The zero-order valence-corrected chi connectivity index (χ0v) is 12.8. The lowest BCUT2D eigenvalue weighted by Gasteiger charge is -2.15. The summed E-state index contributed by atoms with van der Waals surface area (Å²) in [5.41, 5.74) is 1.66. The maximum atomic E-state index is 13.6. The number of rotatable bonds is 4. The molecule has 1 nitrogen and oxygen atoms in total. The van der Waals surface area contributed by atoms with Gasteiger partial charge >= 0.3 is 0 Å². The molecule has 2 rings (SSSR count). The van der Waals surface area contributed by atoms with Gasteiger partial charge in [0.15, 0.2) is 0 Å². The quantitative estimate of drug-likeness (QED) is 0.816. The van der Waals surface area contributed by atoms with Gasteiger partial charge in [-0.2, -0.15) is 0 Å². The van der Waals surface area contributed by atoms with Gasteiger partial charge in [-0.3, -0.25) is 0 Å². The van der Waals surface area contributed by atoms with Gasteiger partial charge in [-0.15, -0.1) is 0 Å². The Bertz CT molecular complexity index is 536. The summed E-state index contributed by atoms with van der Waals surface area (Å²) in [7, 11) is 0. The van der Waals surface area contributed by atoms with Crippen LogP contribution in [-0.4, -0.2) is 0 Å². The Labute approximate surface area is 125 Å². The Balaban J connectivity index is 2.04. The van der Waals surface area contributed by atoms with Crippen LogP contribution in [0.3, 0.4) is 0 Å². The highest BCUT2D eigenvalue weighted by molar-refractivity contribution is 9.10. The van der Waals surface area contributed by atoms with Crippen LogP contribution in [0.5, 0.6) is 0 Å². The molecule has 2 aromatic carbocycles. The summed E-state index contributed by atoms with van der Waals surface area (Å²) < 4.78 is 14.7. The van der Waals surface area contributed by atoms with E-state index in [-0.39, 0.29) is 11.9 Å². The van der Waals surface area contributed by atoms with E-state index in [1.54, 1.807) is 12.1 Å². The Morgan fingerprint density at radius 1 is 1.21 bits per heavy atom. The lowest BCUT2D eigenvalue weighted by molar-refractivity contribution is 0.544. The molecule has 0 fully saturated rings. The van der Waals surface area contributed by atoms with Crippen molar-refractivity contribution < 1.29 is 4.39 Å². The van der Waals surface area contributed by atoms with Gasteiger partial charge < -0.3 is 5.32 Å². The molecule has 0 radical (unpaired) electrons. The molecule has 0 aliphatic heterocycles. The van der Waals surface area contributed by atoms with Gasteiger partial charge in [0.05, 0.1) is 0 Å². The molecule has 19 heavy (non-hydrogen) atoms. The normalized spacial score (nSPS) is 12.4. The van der Waals surface area contributed by atoms with Crippen LogP contribution in [0.1, 0.15) is 24.1 Å². The Morgan fingerprint density at radius 2 is 1.89 bits per heavy atom. The maximum absolute atomic E-state index is 13.6. The highest BCUT2D eigenvalue weighted by atomic mass is 79.9. The van der Waals surface area contributed by atoms with Gasteiger partial charge in [-0.05, 0) is 36.8 Å². The van der Waals surface area contributed by atoms with Crippen LogP contribution in [0.25, 0.3) is 0 Å². The standard InChI is InChI=1S/C15H14BrClFN/c1-10(11-5-7-12(16)8-6-11)19-9-13-14(17)3-2-4-15(13)18/h2-8,10,19H,9H2,1H3. The molecule has 0 aliphatic carbocycles. The van der Waals surface area contributed by atoms with E-state index < -0.39 is 0 Å². The van der Waals surface area contributed by atoms with E-state index in [1.165, 1.54) is 6.07 Å². The molecule has 100 valence electrons. The summed E-state index contributed by atoms with van der Waals surface area (Å²) in [5.74, 6) is -0.275. The van der Waals surface area contributed by atoms with E-state index in [2.05, 4.69) is 21.2 Å². The van der Waals surface area contributed by atoms with E-state index in [0.29, 0.717) is 17.1 Å². The molecule has 0 saturated heterocycles. The molecule has 0 aliphatic rings. The minimum atomic E-state index is -0.275. The van der Waals surface area contributed by atoms with Crippen molar-refractivity contribution in [1.82, 2.24) is 5.32 Å². The summed E-state index contributed by atoms with van der Waals surface area (Å²) in [6.45, 7) is 2.45. The molecule has 0 amide bonds. The minimum Gasteiger partial charge on any atom is -0.306 e. The van der Waals surface area contributed by atoms with Crippen molar-refractivity contribution in [1.29, 1.82) is 0 Å². The topological polar surface area (TPSA) is 12.0 Å².